The summed E-state index contributed by atoms with van der Waals surface area (Å²) in [6, 6.07) is 0. The third kappa shape index (κ3) is 1.34. The van der Waals surface area contributed by atoms with E-state index >= 15 is 0 Å². The van der Waals surface area contributed by atoms with Gasteiger partial charge in [-0.25, -0.2) is 4.79 Å². The number of rotatable bonds is 1. The van der Waals surface area contributed by atoms with Crippen LogP contribution in [0.15, 0.2) is 15.8 Å². The third-order valence-electron chi connectivity index (χ3n) is 2.93. The van der Waals surface area contributed by atoms with Crippen LogP contribution in [0.1, 0.15) is 22.3 Å². The van der Waals surface area contributed by atoms with E-state index < -0.39 is 29.9 Å². The van der Waals surface area contributed by atoms with Gasteiger partial charge in [-0.1, -0.05) is 0 Å². The number of aryl methyl sites for hydroxylation is 1. The highest BCUT2D eigenvalue weighted by molar-refractivity contribution is 5.02. The van der Waals surface area contributed by atoms with Gasteiger partial charge in [0.1, 0.15) is 12.3 Å². The van der Waals surface area contributed by atoms with Crippen LogP contribution in [0, 0.1) is 6.85 Å². The molecule has 2 saturated heterocycles. The highest BCUT2D eigenvalue weighted by Crippen LogP contribution is 2.35. The second kappa shape index (κ2) is 3.29. The minimum atomic E-state index is -2.57. The predicted molar refractivity (Wildman–Crippen MR) is 54.3 cm³/mol. The Labute approximate surface area is 95.0 Å². The molecule has 3 heterocycles. The van der Waals surface area contributed by atoms with E-state index in [-0.39, 0.29) is 12.2 Å². The number of fused-ring (bicyclic) bond motifs is 1. The van der Waals surface area contributed by atoms with Crippen molar-refractivity contribution in [2.24, 2.45) is 0 Å². The van der Waals surface area contributed by atoms with Crippen molar-refractivity contribution in [3.05, 3.63) is 32.6 Å². The summed E-state index contributed by atoms with van der Waals surface area (Å²) in [5.74, 6) is 0. The molecule has 1 N–H and O–H groups in total. The monoisotopic (exact) mass is 227 g/mol. The number of aromatic amines is 1. The van der Waals surface area contributed by atoms with Crippen LogP contribution in [-0.4, -0.2) is 28.4 Å². The molecule has 0 aromatic carbocycles. The molecule has 0 unspecified atom stereocenters. The zero-order chi connectivity index (χ0) is 13.8. The van der Waals surface area contributed by atoms with E-state index in [1.807, 2.05) is 4.98 Å². The van der Waals surface area contributed by atoms with Crippen molar-refractivity contribution in [1.82, 2.24) is 9.55 Å². The van der Waals surface area contributed by atoms with Gasteiger partial charge in [-0.2, -0.15) is 0 Å². The standard InChI is InChI=1S/C10H12N2O4/c1-5-3-12(10(14)11-9(5)13)8-2-6-7(16-8)4-15-6/h3,6-8H,2,4H2,1H3,(H,11,13,14)/t6-,7-,8-/m1/s1/i1D3. The quantitative estimate of drug-likeness (QED) is 0.704. The molecule has 3 rings (SSSR count). The molecule has 0 spiro atoms. The highest BCUT2D eigenvalue weighted by atomic mass is 16.6. The van der Waals surface area contributed by atoms with Gasteiger partial charge in [-0.3, -0.25) is 14.3 Å². The zero-order valence-corrected chi connectivity index (χ0v) is 8.30. The van der Waals surface area contributed by atoms with Gasteiger partial charge in [0.2, 0.25) is 0 Å². The minimum Gasteiger partial charge on any atom is -0.372 e. The SMILES string of the molecule is [2H]C([2H])([2H])c1cn([C@H]2C[C@H]3OC[C@H]3O2)c(=O)[nH]c1=O. The molecule has 6 nitrogen and oxygen atoms in total. The summed E-state index contributed by atoms with van der Waals surface area (Å²) in [5.41, 5.74) is -1.99. The zero-order valence-electron chi connectivity index (χ0n) is 11.3. The Hall–Kier alpha value is -1.40. The first-order valence-corrected chi connectivity index (χ1v) is 4.99. The van der Waals surface area contributed by atoms with Crippen molar-refractivity contribution in [3.8, 4) is 0 Å². The predicted octanol–water partition coefficient (Wildman–Crippen LogP) is -0.469. The van der Waals surface area contributed by atoms with Crippen LogP contribution in [0.2, 0.25) is 0 Å². The van der Waals surface area contributed by atoms with Crippen molar-refractivity contribution in [2.45, 2.75) is 31.7 Å². The van der Waals surface area contributed by atoms with Crippen LogP contribution < -0.4 is 11.2 Å². The van der Waals surface area contributed by atoms with E-state index in [4.69, 9.17) is 13.6 Å². The molecule has 2 fully saturated rings. The topological polar surface area (TPSA) is 73.3 Å². The second-order valence-electron chi connectivity index (χ2n) is 3.95. The Morgan fingerprint density at radius 1 is 1.56 bits per heavy atom. The van der Waals surface area contributed by atoms with Crippen LogP contribution in [0.3, 0.4) is 0 Å². The minimum absolute atomic E-state index is 0.0555. The molecule has 2 aliphatic rings. The van der Waals surface area contributed by atoms with Gasteiger partial charge in [0, 0.05) is 22.3 Å². The third-order valence-corrected chi connectivity index (χ3v) is 2.93. The van der Waals surface area contributed by atoms with Crippen molar-refractivity contribution in [3.63, 3.8) is 0 Å². The maximum Gasteiger partial charge on any atom is 0.330 e. The molecule has 1 aromatic rings. The molecular weight excluding hydrogens is 212 g/mol. The van der Waals surface area contributed by atoms with Crippen molar-refractivity contribution in [2.75, 3.05) is 6.61 Å². The fourth-order valence-electron chi connectivity index (χ4n) is 1.99. The molecule has 0 radical (unpaired) electrons. The van der Waals surface area contributed by atoms with Gasteiger partial charge in [0.25, 0.3) is 5.56 Å². The number of ether oxygens (including phenoxy) is 2. The number of nitrogens with one attached hydrogen (secondary N) is 1. The van der Waals surface area contributed by atoms with Crippen molar-refractivity contribution >= 4 is 0 Å². The smallest absolute Gasteiger partial charge is 0.330 e. The lowest BCUT2D eigenvalue weighted by atomic mass is 10.1. The van der Waals surface area contributed by atoms with E-state index in [0.29, 0.717) is 13.0 Å². The van der Waals surface area contributed by atoms with Crippen LogP contribution >= 0.6 is 0 Å². The molecule has 1 aromatic heterocycles. The van der Waals surface area contributed by atoms with Gasteiger partial charge in [-0.05, 0) is 6.85 Å². The molecule has 86 valence electrons. The molecule has 0 aliphatic carbocycles. The summed E-state index contributed by atoms with van der Waals surface area (Å²) >= 11 is 0. The number of hydrogen-bond donors (Lipinski definition) is 1. The Bertz CT molecular complexity index is 608. The fraction of sp³-hybridized carbons (Fsp3) is 0.600. The first-order chi connectivity index (χ1) is 8.86. The van der Waals surface area contributed by atoms with Gasteiger partial charge in [0.15, 0.2) is 0 Å². The van der Waals surface area contributed by atoms with Crippen LogP contribution in [0.4, 0.5) is 0 Å². The van der Waals surface area contributed by atoms with E-state index in [2.05, 4.69) is 0 Å². The molecule has 3 atom stereocenters. The van der Waals surface area contributed by atoms with Crippen LogP contribution in [-0.2, 0) is 9.47 Å². The summed E-state index contributed by atoms with van der Waals surface area (Å²) in [6.45, 7) is -2.09. The molecule has 2 aliphatic heterocycles. The average molecular weight is 227 g/mol. The highest BCUT2D eigenvalue weighted by Gasteiger charge is 2.44. The molecule has 16 heavy (non-hydrogen) atoms. The Kier molecular flexibility index (Phi) is 1.45. The Morgan fingerprint density at radius 2 is 2.44 bits per heavy atom. The second-order valence-corrected chi connectivity index (χ2v) is 3.95. The number of hydrogen-bond acceptors (Lipinski definition) is 4. The summed E-state index contributed by atoms with van der Waals surface area (Å²) in [6.07, 6.45) is 0.823. The first kappa shape index (κ1) is 7.03. The van der Waals surface area contributed by atoms with Gasteiger partial charge < -0.3 is 9.47 Å². The largest absolute Gasteiger partial charge is 0.372 e. The van der Waals surface area contributed by atoms with Gasteiger partial charge in [-0.15, -0.1) is 0 Å². The molecule has 0 saturated carbocycles. The van der Waals surface area contributed by atoms with Crippen LogP contribution in [0.5, 0.6) is 0 Å². The van der Waals surface area contributed by atoms with E-state index in [0.717, 1.165) is 10.8 Å². The van der Waals surface area contributed by atoms with Crippen molar-refractivity contribution in [1.29, 1.82) is 0 Å². The maximum absolute atomic E-state index is 11.7. The molecule has 6 heteroatoms. The lowest BCUT2D eigenvalue weighted by Crippen LogP contribution is -2.40. The Morgan fingerprint density at radius 3 is 3.00 bits per heavy atom. The normalized spacial score (nSPS) is 35.8. The van der Waals surface area contributed by atoms with Gasteiger partial charge >= 0.3 is 5.69 Å². The van der Waals surface area contributed by atoms with E-state index in [1.54, 1.807) is 0 Å². The maximum atomic E-state index is 11.7. The van der Waals surface area contributed by atoms with Crippen LogP contribution in [0.25, 0.3) is 0 Å². The summed E-state index contributed by atoms with van der Waals surface area (Å²) < 4.78 is 33.8. The molecule has 0 amide bonds. The number of nitrogens with zero attached hydrogens (tertiary/aromatic N) is 1. The fourth-order valence-corrected chi connectivity index (χ4v) is 1.99. The Balaban J connectivity index is 2.02. The van der Waals surface area contributed by atoms with E-state index in [9.17, 15) is 9.59 Å². The first-order valence-electron chi connectivity index (χ1n) is 6.49. The summed E-state index contributed by atoms with van der Waals surface area (Å²) in [5, 5.41) is 0. The molecular formula is C10H12N2O4. The van der Waals surface area contributed by atoms with Crippen molar-refractivity contribution < 1.29 is 13.6 Å². The number of H-pyrrole nitrogens is 1. The molecule has 0 bridgehead atoms. The lowest BCUT2D eigenvalue weighted by molar-refractivity contribution is -0.149. The summed E-state index contributed by atoms with van der Waals surface area (Å²) in [4.78, 5) is 25.3. The van der Waals surface area contributed by atoms with E-state index in [1.165, 1.54) is 0 Å². The van der Waals surface area contributed by atoms with Gasteiger partial charge in [0.05, 0.1) is 12.7 Å². The number of aromatic nitrogens is 2. The summed E-state index contributed by atoms with van der Waals surface area (Å²) in [7, 11) is 0. The lowest BCUT2D eigenvalue weighted by Gasteiger charge is -2.28. The average Bonchev–Trinajstić information content (AvgIpc) is 2.54.